The summed E-state index contributed by atoms with van der Waals surface area (Å²) in [6.45, 7) is 7.50. The van der Waals surface area contributed by atoms with Gasteiger partial charge in [0.05, 0.1) is 11.8 Å². The maximum Gasteiger partial charge on any atom is 0.251 e. The van der Waals surface area contributed by atoms with Gasteiger partial charge >= 0.3 is 0 Å². The summed E-state index contributed by atoms with van der Waals surface area (Å²) in [5, 5.41) is 17.5. The highest BCUT2D eigenvalue weighted by Gasteiger charge is 2.25. The lowest BCUT2D eigenvalue weighted by Crippen LogP contribution is -2.42. The molecule has 2 aliphatic heterocycles. The summed E-state index contributed by atoms with van der Waals surface area (Å²) in [6.07, 6.45) is 9.07. The normalized spacial score (nSPS) is 18.4. The molecule has 6 rings (SSSR count). The molecule has 1 aliphatic carbocycles. The molecule has 3 N–H and O–H groups in total. The number of oxazole rings is 1. The third-order valence-electron chi connectivity index (χ3n) is 9.87. The van der Waals surface area contributed by atoms with Gasteiger partial charge < -0.3 is 29.8 Å². The molecule has 47 heavy (non-hydrogen) atoms. The first-order chi connectivity index (χ1) is 22.8. The average molecular weight is 645 g/mol. The highest BCUT2D eigenvalue weighted by Crippen LogP contribution is 2.33. The number of anilines is 1. The Kier molecular flexibility index (Phi) is 10.7. The number of aryl methyl sites for hydroxylation is 1. The van der Waals surface area contributed by atoms with Crippen LogP contribution < -0.4 is 15.4 Å². The maximum atomic E-state index is 13.4. The Labute approximate surface area is 277 Å². The van der Waals surface area contributed by atoms with Crippen LogP contribution in [0.15, 0.2) is 41.1 Å². The standard InChI is InChI=1S/C36H48N6O5/c1-24-34(47-23-38-24)22-46-32-9-8-28-20-41(13-10-27(28)16-32)21-31(44)19-37-36(45)29-17-33(26-6-4-3-5-7-26)40-35(18-29)39-30-11-14-42(15-12-30)25(2)43/h8-9,16-18,23,26,30-31,44H,3-7,10-15,19-22H2,1-2H3,(H,37,45)(H,39,40). The van der Waals surface area contributed by atoms with Gasteiger partial charge in [0.25, 0.3) is 5.91 Å². The molecular formula is C36H48N6O5. The minimum absolute atomic E-state index is 0.113. The summed E-state index contributed by atoms with van der Waals surface area (Å²) < 4.78 is 11.3. The number of amides is 2. The van der Waals surface area contributed by atoms with Gasteiger partial charge in [-0.2, -0.15) is 0 Å². The summed E-state index contributed by atoms with van der Waals surface area (Å²) in [4.78, 5) is 38.4. The fourth-order valence-corrected chi connectivity index (χ4v) is 7.03. The van der Waals surface area contributed by atoms with Crippen LogP contribution in [0.1, 0.15) is 96.4 Å². The first-order valence-electron chi connectivity index (χ1n) is 17.2. The molecule has 252 valence electrons. The predicted octanol–water partition coefficient (Wildman–Crippen LogP) is 4.58. The number of fused-ring (bicyclic) bond motifs is 1. The molecular weight excluding hydrogens is 596 g/mol. The Hall–Kier alpha value is -3.96. The number of rotatable bonds is 11. The van der Waals surface area contributed by atoms with Gasteiger partial charge in [-0.25, -0.2) is 9.97 Å². The Morgan fingerprint density at radius 3 is 2.62 bits per heavy atom. The van der Waals surface area contributed by atoms with Crippen molar-refractivity contribution < 1.29 is 23.8 Å². The van der Waals surface area contributed by atoms with E-state index in [-0.39, 0.29) is 24.4 Å². The zero-order valence-electron chi connectivity index (χ0n) is 27.7. The first-order valence-corrected chi connectivity index (χ1v) is 17.2. The summed E-state index contributed by atoms with van der Waals surface area (Å²) >= 11 is 0. The summed E-state index contributed by atoms with van der Waals surface area (Å²) in [6, 6.07) is 10.1. The number of aliphatic hydroxyl groups is 1. The summed E-state index contributed by atoms with van der Waals surface area (Å²) in [5.74, 6) is 2.51. The topological polar surface area (TPSA) is 133 Å². The number of likely N-dealkylation sites (tertiary alicyclic amines) is 1. The molecule has 11 heteroatoms. The molecule has 1 unspecified atom stereocenters. The van der Waals surface area contributed by atoms with Gasteiger partial charge in [-0.15, -0.1) is 0 Å². The van der Waals surface area contributed by atoms with Crippen LogP contribution in [-0.4, -0.2) is 81.6 Å². The zero-order chi connectivity index (χ0) is 32.8. The van der Waals surface area contributed by atoms with Crippen molar-refractivity contribution in [1.82, 2.24) is 25.1 Å². The number of carbonyl (C=O) groups is 2. The van der Waals surface area contributed by atoms with E-state index in [2.05, 4.69) is 32.7 Å². The molecule has 1 saturated heterocycles. The second-order valence-electron chi connectivity index (χ2n) is 13.4. The number of aromatic nitrogens is 2. The summed E-state index contributed by atoms with van der Waals surface area (Å²) in [5.41, 5.74) is 4.83. The minimum atomic E-state index is -0.697. The van der Waals surface area contributed by atoms with E-state index in [0.29, 0.717) is 30.5 Å². The number of nitrogens with zero attached hydrogens (tertiary/aromatic N) is 4. The van der Waals surface area contributed by atoms with Crippen LogP contribution in [-0.2, 0) is 24.4 Å². The monoisotopic (exact) mass is 644 g/mol. The van der Waals surface area contributed by atoms with Crippen molar-refractivity contribution in [3.63, 3.8) is 0 Å². The number of ether oxygens (including phenoxy) is 1. The second-order valence-corrected chi connectivity index (χ2v) is 13.4. The van der Waals surface area contributed by atoms with Gasteiger partial charge in [0.15, 0.2) is 12.2 Å². The SMILES string of the molecule is CC(=O)N1CCC(Nc2cc(C(=O)NCC(O)CN3CCc4cc(OCc5ocnc5C)ccc4C3)cc(C3CCCCC3)n2)CC1. The third-order valence-corrected chi connectivity index (χ3v) is 9.87. The molecule has 0 bridgehead atoms. The molecule has 11 nitrogen and oxygen atoms in total. The molecule has 0 radical (unpaired) electrons. The molecule has 1 atom stereocenters. The van der Waals surface area contributed by atoms with E-state index in [9.17, 15) is 14.7 Å². The van der Waals surface area contributed by atoms with Gasteiger partial charge in [-0.05, 0) is 74.4 Å². The average Bonchev–Trinajstić information content (AvgIpc) is 3.50. The van der Waals surface area contributed by atoms with Crippen LogP contribution in [0.5, 0.6) is 5.75 Å². The molecule has 2 fully saturated rings. The van der Waals surface area contributed by atoms with E-state index in [0.717, 1.165) is 81.2 Å². The smallest absolute Gasteiger partial charge is 0.251 e. The van der Waals surface area contributed by atoms with Crippen molar-refractivity contribution in [1.29, 1.82) is 0 Å². The van der Waals surface area contributed by atoms with Crippen LogP contribution in [0, 0.1) is 6.92 Å². The number of aliphatic hydroxyl groups excluding tert-OH is 1. The highest BCUT2D eigenvalue weighted by atomic mass is 16.5. The van der Waals surface area contributed by atoms with Crippen molar-refractivity contribution in [2.45, 2.75) is 96.4 Å². The molecule has 3 aromatic rings. The number of benzene rings is 1. The quantitative estimate of drug-likeness (QED) is 0.274. The fourth-order valence-electron chi connectivity index (χ4n) is 7.03. The lowest BCUT2D eigenvalue weighted by Gasteiger charge is -2.32. The Morgan fingerprint density at radius 1 is 1.06 bits per heavy atom. The van der Waals surface area contributed by atoms with Gasteiger partial charge in [0.1, 0.15) is 18.2 Å². The Bertz CT molecular complexity index is 1530. The number of hydrogen-bond donors (Lipinski definition) is 3. The number of β-amino-alcohol motifs (C(OH)–C–C–N with tert-alkyl or cyclic N) is 1. The second kappa shape index (κ2) is 15.3. The first kappa shape index (κ1) is 33.0. The van der Waals surface area contributed by atoms with Crippen molar-refractivity contribution >= 4 is 17.6 Å². The zero-order valence-corrected chi connectivity index (χ0v) is 27.7. The number of pyridine rings is 1. The molecule has 2 aromatic heterocycles. The van der Waals surface area contributed by atoms with Crippen molar-refractivity contribution in [3.05, 3.63) is 70.6 Å². The van der Waals surface area contributed by atoms with Crippen LogP contribution in [0.3, 0.4) is 0 Å². The lowest BCUT2D eigenvalue weighted by atomic mass is 9.86. The fraction of sp³-hybridized carbons (Fsp3) is 0.556. The van der Waals surface area contributed by atoms with Crippen molar-refractivity contribution in [2.75, 3.05) is 38.0 Å². The van der Waals surface area contributed by atoms with Crippen molar-refractivity contribution in [3.8, 4) is 5.75 Å². The van der Waals surface area contributed by atoms with Crippen LogP contribution in [0.4, 0.5) is 5.82 Å². The van der Waals surface area contributed by atoms with Crippen LogP contribution in [0.25, 0.3) is 0 Å². The highest BCUT2D eigenvalue weighted by molar-refractivity contribution is 5.95. The van der Waals surface area contributed by atoms with Gasteiger partial charge in [0.2, 0.25) is 5.91 Å². The van der Waals surface area contributed by atoms with E-state index in [1.54, 1.807) is 6.92 Å². The number of piperidine rings is 1. The van der Waals surface area contributed by atoms with E-state index >= 15 is 0 Å². The molecule has 2 amide bonds. The van der Waals surface area contributed by atoms with Gasteiger partial charge in [-0.1, -0.05) is 25.3 Å². The predicted molar refractivity (Wildman–Crippen MR) is 178 cm³/mol. The Morgan fingerprint density at radius 2 is 1.87 bits per heavy atom. The number of nitrogens with one attached hydrogen (secondary N) is 2. The summed E-state index contributed by atoms with van der Waals surface area (Å²) in [7, 11) is 0. The van der Waals surface area contributed by atoms with Gasteiger partial charge in [-0.3, -0.25) is 14.5 Å². The molecule has 1 saturated carbocycles. The van der Waals surface area contributed by atoms with E-state index in [1.165, 1.54) is 36.8 Å². The lowest BCUT2D eigenvalue weighted by molar-refractivity contribution is -0.129. The van der Waals surface area contributed by atoms with Crippen LogP contribution in [0.2, 0.25) is 0 Å². The van der Waals surface area contributed by atoms with Crippen molar-refractivity contribution in [2.24, 2.45) is 0 Å². The molecule has 4 heterocycles. The van der Waals surface area contributed by atoms with E-state index in [4.69, 9.17) is 14.1 Å². The Balaban J connectivity index is 1.02. The molecule has 0 spiro atoms. The third kappa shape index (κ3) is 8.70. The number of hydrogen-bond acceptors (Lipinski definition) is 9. The molecule has 1 aromatic carbocycles. The number of carbonyl (C=O) groups excluding carboxylic acids is 2. The molecule has 3 aliphatic rings. The van der Waals surface area contributed by atoms with E-state index in [1.807, 2.05) is 30.0 Å². The van der Waals surface area contributed by atoms with Crippen LogP contribution >= 0.6 is 0 Å². The van der Waals surface area contributed by atoms with E-state index < -0.39 is 6.10 Å². The van der Waals surface area contributed by atoms with Gasteiger partial charge in [0, 0.05) is 69.4 Å². The largest absolute Gasteiger partial charge is 0.486 e. The minimum Gasteiger partial charge on any atom is -0.486 e. The maximum absolute atomic E-state index is 13.4.